The van der Waals surface area contributed by atoms with Crippen LogP contribution in [0.15, 0.2) is 36.7 Å². The Labute approximate surface area is 136 Å². The number of aromatic nitrogens is 3. The first-order valence-corrected chi connectivity index (χ1v) is 7.80. The summed E-state index contributed by atoms with van der Waals surface area (Å²) in [7, 11) is 1.83. The highest BCUT2D eigenvalue weighted by Gasteiger charge is 2.08. The van der Waals surface area contributed by atoms with E-state index < -0.39 is 0 Å². The summed E-state index contributed by atoms with van der Waals surface area (Å²) in [4.78, 5) is 12.7. The minimum Gasteiger partial charge on any atom is -0.345 e. The fourth-order valence-corrected chi connectivity index (χ4v) is 3.38. The average molecular weight is 333 g/mol. The molecule has 22 heavy (non-hydrogen) atoms. The number of benzene rings is 1. The maximum atomic E-state index is 11.9. The molecular formula is C15H13ClN4OS. The van der Waals surface area contributed by atoms with Crippen molar-refractivity contribution in [1.82, 2.24) is 20.1 Å². The Morgan fingerprint density at radius 1 is 1.45 bits per heavy atom. The van der Waals surface area contributed by atoms with Crippen molar-refractivity contribution in [2.75, 3.05) is 0 Å². The Balaban J connectivity index is 1.68. The van der Waals surface area contributed by atoms with E-state index >= 15 is 0 Å². The lowest BCUT2D eigenvalue weighted by Gasteiger charge is -2.00. The number of amides is 1. The maximum Gasteiger partial charge on any atom is 0.244 e. The van der Waals surface area contributed by atoms with Crippen LogP contribution < -0.4 is 5.32 Å². The summed E-state index contributed by atoms with van der Waals surface area (Å²) in [6.07, 6.45) is 4.81. The highest BCUT2D eigenvalue weighted by atomic mass is 35.5. The quantitative estimate of drug-likeness (QED) is 0.747. The topological polar surface area (TPSA) is 59.8 Å². The zero-order chi connectivity index (χ0) is 15.5. The number of hydrogen-bond acceptors (Lipinski definition) is 4. The third-order valence-electron chi connectivity index (χ3n) is 3.17. The molecule has 3 aromatic rings. The molecule has 0 aliphatic rings. The van der Waals surface area contributed by atoms with Gasteiger partial charge in [-0.15, -0.1) is 21.5 Å². The number of hydrogen-bond donors (Lipinski definition) is 1. The summed E-state index contributed by atoms with van der Waals surface area (Å²) >= 11 is 7.88. The number of fused-ring (bicyclic) bond motifs is 1. The van der Waals surface area contributed by atoms with Gasteiger partial charge in [0.15, 0.2) is 5.82 Å². The van der Waals surface area contributed by atoms with Gasteiger partial charge in [-0.25, -0.2) is 0 Å². The van der Waals surface area contributed by atoms with Crippen LogP contribution in [-0.4, -0.2) is 20.7 Å². The van der Waals surface area contributed by atoms with E-state index in [0.717, 1.165) is 15.0 Å². The van der Waals surface area contributed by atoms with E-state index in [1.807, 2.05) is 31.3 Å². The molecule has 0 bridgehead atoms. The van der Waals surface area contributed by atoms with E-state index in [9.17, 15) is 4.79 Å². The van der Waals surface area contributed by atoms with E-state index in [-0.39, 0.29) is 5.91 Å². The fourth-order valence-electron chi connectivity index (χ4n) is 1.98. The summed E-state index contributed by atoms with van der Waals surface area (Å²) in [5, 5.41) is 12.1. The zero-order valence-corrected chi connectivity index (χ0v) is 13.4. The molecule has 5 nitrogen and oxygen atoms in total. The monoisotopic (exact) mass is 332 g/mol. The van der Waals surface area contributed by atoms with Crippen LogP contribution in [-0.2, 0) is 18.4 Å². The maximum absolute atomic E-state index is 11.9. The second kappa shape index (κ2) is 6.29. The van der Waals surface area contributed by atoms with Crippen molar-refractivity contribution in [3.8, 4) is 0 Å². The van der Waals surface area contributed by atoms with Crippen molar-refractivity contribution in [2.45, 2.75) is 6.54 Å². The van der Waals surface area contributed by atoms with Gasteiger partial charge >= 0.3 is 0 Å². The summed E-state index contributed by atoms with van der Waals surface area (Å²) in [6, 6.07) is 7.90. The first kappa shape index (κ1) is 14.7. The molecule has 0 spiro atoms. The second-order valence-corrected chi connectivity index (χ2v) is 6.15. The Morgan fingerprint density at radius 3 is 3.00 bits per heavy atom. The minimum atomic E-state index is -0.198. The SMILES string of the molecule is Cn1cnnc1CNC(=O)C=Cc1sc2ccccc2c1Cl. The summed E-state index contributed by atoms with van der Waals surface area (Å²) in [6.45, 7) is 0.333. The Morgan fingerprint density at radius 2 is 2.27 bits per heavy atom. The lowest BCUT2D eigenvalue weighted by atomic mass is 10.2. The number of nitrogens with one attached hydrogen (secondary N) is 1. The Kier molecular flexibility index (Phi) is 4.22. The van der Waals surface area contributed by atoms with Gasteiger partial charge in [-0.05, 0) is 12.1 Å². The van der Waals surface area contributed by atoms with Gasteiger partial charge in [-0.3, -0.25) is 4.79 Å². The molecule has 0 saturated carbocycles. The lowest BCUT2D eigenvalue weighted by Crippen LogP contribution is -2.22. The highest BCUT2D eigenvalue weighted by Crippen LogP contribution is 2.35. The van der Waals surface area contributed by atoms with Crippen molar-refractivity contribution in [1.29, 1.82) is 0 Å². The molecule has 0 atom stereocenters. The summed E-state index contributed by atoms with van der Waals surface area (Å²) < 4.78 is 2.86. The molecule has 0 aliphatic heterocycles. The van der Waals surface area contributed by atoms with E-state index in [1.54, 1.807) is 28.3 Å². The van der Waals surface area contributed by atoms with Crippen LogP contribution in [0, 0.1) is 0 Å². The van der Waals surface area contributed by atoms with E-state index in [1.165, 1.54) is 6.08 Å². The molecule has 2 heterocycles. The number of carbonyl (C=O) groups is 1. The van der Waals surface area contributed by atoms with Crippen molar-refractivity contribution in [3.63, 3.8) is 0 Å². The van der Waals surface area contributed by atoms with E-state index in [2.05, 4.69) is 15.5 Å². The van der Waals surface area contributed by atoms with Crippen LogP contribution >= 0.6 is 22.9 Å². The van der Waals surface area contributed by atoms with Gasteiger partial charge in [0.25, 0.3) is 0 Å². The van der Waals surface area contributed by atoms with Gasteiger partial charge in [0.2, 0.25) is 5.91 Å². The molecule has 0 radical (unpaired) electrons. The minimum absolute atomic E-state index is 0.198. The van der Waals surface area contributed by atoms with Crippen molar-refractivity contribution in [2.24, 2.45) is 7.05 Å². The number of aryl methyl sites for hydroxylation is 1. The molecule has 1 amide bonds. The first-order chi connectivity index (χ1) is 10.6. The van der Waals surface area contributed by atoms with Crippen LogP contribution in [0.5, 0.6) is 0 Å². The van der Waals surface area contributed by atoms with Crippen LogP contribution in [0.3, 0.4) is 0 Å². The third-order valence-corrected chi connectivity index (χ3v) is 4.83. The van der Waals surface area contributed by atoms with Crippen LogP contribution in [0.4, 0.5) is 0 Å². The van der Waals surface area contributed by atoms with Gasteiger partial charge < -0.3 is 9.88 Å². The fraction of sp³-hybridized carbons (Fsp3) is 0.133. The van der Waals surface area contributed by atoms with Gasteiger partial charge in [0.1, 0.15) is 6.33 Å². The van der Waals surface area contributed by atoms with Crippen LogP contribution in [0.25, 0.3) is 16.2 Å². The molecule has 7 heteroatoms. The van der Waals surface area contributed by atoms with Crippen molar-refractivity contribution < 1.29 is 4.79 Å². The summed E-state index contributed by atoms with van der Waals surface area (Å²) in [5.74, 6) is 0.498. The van der Waals surface area contributed by atoms with Gasteiger partial charge in [0, 0.05) is 28.1 Å². The Hall–Kier alpha value is -2.18. The lowest BCUT2D eigenvalue weighted by molar-refractivity contribution is -0.116. The van der Waals surface area contributed by atoms with Crippen molar-refractivity contribution in [3.05, 3.63) is 52.4 Å². The smallest absolute Gasteiger partial charge is 0.244 e. The van der Waals surface area contributed by atoms with E-state index in [0.29, 0.717) is 17.4 Å². The number of thiophene rings is 1. The normalized spacial score (nSPS) is 11.4. The summed E-state index contributed by atoms with van der Waals surface area (Å²) in [5.41, 5.74) is 0. The molecule has 1 N–H and O–H groups in total. The molecule has 0 saturated heterocycles. The molecule has 112 valence electrons. The van der Waals surface area contributed by atoms with Gasteiger partial charge in [-0.2, -0.15) is 0 Å². The molecule has 1 aromatic carbocycles. The Bertz CT molecular complexity index is 852. The van der Waals surface area contributed by atoms with Crippen LogP contribution in [0.1, 0.15) is 10.7 Å². The molecule has 0 unspecified atom stereocenters. The molecule has 2 aromatic heterocycles. The van der Waals surface area contributed by atoms with Gasteiger partial charge in [-0.1, -0.05) is 29.8 Å². The molecular weight excluding hydrogens is 320 g/mol. The van der Waals surface area contributed by atoms with Crippen LogP contribution in [0.2, 0.25) is 5.02 Å². The predicted molar refractivity (Wildman–Crippen MR) is 88.7 cm³/mol. The standard InChI is InChI=1S/C15H13ClN4OS/c1-20-9-18-19-13(20)8-17-14(21)7-6-12-15(16)10-4-2-3-5-11(10)22-12/h2-7,9H,8H2,1H3,(H,17,21). The van der Waals surface area contributed by atoms with Gasteiger partial charge in [0.05, 0.1) is 11.6 Å². The molecule has 0 aliphatic carbocycles. The predicted octanol–water partition coefficient (Wildman–Crippen LogP) is 3.01. The third kappa shape index (κ3) is 3.03. The largest absolute Gasteiger partial charge is 0.345 e. The number of nitrogens with zero attached hydrogens (tertiary/aromatic N) is 3. The first-order valence-electron chi connectivity index (χ1n) is 6.61. The highest BCUT2D eigenvalue weighted by molar-refractivity contribution is 7.20. The van der Waals surface area contributed by atoms with Crippen molar-refractivity contribution >= 4 is 45.0 Å². The zero-order valence-electron chi connectivity index (χ0n) is 11.8. The van der Waals surface area contributed by atoms with E-state index in [4.69, 9.17) is 11.6 Å². The molecule has 3 rings (SSSR count). The average Bonchev–Trinajstić information content (AvgIpc) is 3.07. The number of halogens is 1. The second-order valence-electron chi connectivity index (χ2n) is 4.69. The number of rotatable bonds is 4. The molecule has 0 fully saturated rings. The number of carbonyl (C=O) groups excluding carboxylic acids is 1.